The van der Waals surface area contributed by atoms with Crippen LogP contribution in [0.5, 0.6) is 0 Å². The number of nitrogen functional groups attached to an aromatic ring is 1. The summed E-state index contributed by atoms with van der Waals surface area (Å²) in [5.41, 5.74) is 7.77. The van der Waals surface area contributed by atoms with Crippen LogP contribution in [0, 0.1) is 11.8 Å². The first-order valence-electron chi connectivity index (χ1n) is 6.27. The van der Waals surface area contributed by atoms with Gasteiger partial charge in [0.1, 0.15) is 0 Å². The van der Waals surface area contributed by atoms with E-state index in [1.165, 1.54) is 19.3 Å². The lowest BCUT2D eigenvalue weighted by molar-refractivity contribution is 0.276. The van der Waals surface area contributed by atoms with Gasteiger partial charge in [0, 0.05) is 17.4 Å². The van der Waals surface area contributed by atoms with E-state index >= 15 is 0 Å². The molecule has 0 radical (unpaired) electrons. The third-order valence-electron chi connectivity index (χ3n) is 3.67. The van der Waals surface area contributed by atoms with Gasteiger partial charge in [-0.1, -0.05) is 19.9 Å². The molecule has 88 valence electrons. The summed E-state index contributed by atoms with van der Waals surface area (Å²) in [5, 5.41) is 3.61. The lowest BCUT2D eigenvalue weighted by Gasteiger charge is -2.33. The molecule has 0 saturated heterocycles. The van der Waals surface area contributed by atoms with E-state index in [1.807, 2.05) is 18.2 Å². The predicted octanol–water partition coefficient (Wildman–Crippen LogP) is 3.51. The zero-order valence-corrected chi connectivity index (χ0v) is 10.2. The molecule has 0 spiro atoms. The number of rotatable bonds is 2. The zero-order chi connectivity index (χ0) is 11.5. The molecule has 1 aromatic rings. The summed E-state index contributed by atoms with van der Waals surface area (Å²) in [5.74, 6) is 1.64. The van der Waals surface area contributed by atoms with Crippen LogP contribution in [0.3, 0.4) is 0 Å². The zero-order valence-electron chi connectivity index (χ0n) is 10.2. The Hall–Kier alpha value is -1.18. The molecule has 1 aliphatic rings. The van der Waals surface area contributed by atoms with Gasteiger partial charge in [0.25, 0.3) is 0 Å². The van der Waals surface area contributed by atoms with Crippen molar-refractivity contribution < 1.29 is 0 Å². The Bertz CT molecular complexity index is 348. The number of nitrogens with one attached hydrogen (secondary N) is 1. The fourth-order valence-corrected chi connectivity index (χ4v) is 2.72. The summed E-state index contributed by atoms with van der Waals surface area (Å²) >= 11 is 0. The van der Waals surface area contributed by atoms with Gasteiger partial charge in [-0.2, -0.15) is 0 Å². The summed E-state index contributed by atoms with van der Waals surface area (Å²) in [7, 11) is 0. The van der Waals surface area contributed by atoms with Crippen LogP contribution in [0.2, 0.25) is 0 Å². The molecule has 2 nitrogen and oxygen atoms in total. The average Bonchev–Trinajstić information content (AvgIpc) is 2.22. The maximum atomic E-state index is 5.78. The highest BCUT2D eigenvalue weighted by atomic mass is 14.9. The van der Waals surface area contributed by atoms with Crippen LogP contribution in [0.15, 0.2) is 24.3 Å². The Morgan fingerprint density at radius 2 is 2.06 bits per heavy atom. The number of benzene rings is 1. The quantitative estimate of drug-likeness (QED) is 0.745. The van der Waals surface area contributed by atoms with E-state index in [2.05, 4.69) is 25.2 Å². The largest absolute Gasteiger partial charge is 0.399 e. The van der Waals surface area contributed by atoms with Crippen LogP contribution >= 0.6 is 0 Å². The number of nitrogens with two attached hydrogens (primary N) is 1. The highest BCUT2D eigenvalue weighted by Gasteiger charge is 2.24. The first-order chi connectivity index (χ1) is 7.65. The van der Waals surface area contributed by atoms with Crippen LogP contribution in [0.25, 0.3) is 0 Å². The highest BCUT2D eigenvalue weighted by molar-refractivity contribution is 5.54. The molecular formula is C14H22N2. The summed E-state index contributed by atoms with van der Waals surface area (Å²) in [6.45, 7) is 4.70. The monoisotopic (exact) mass is 218 g/mol. The van der Waals surface area contributed by atoms with Gasteiger partial charge < -0.3 is 11.1 Å². The smallest absolute Gasteiger partial charge is 0.0363 e. The Morgan fingerprint density at radius 1 is 1.25 bits per heavy atom. The lowest BCUT2D eigenvalue weighted by atomic mass is 9.80. The Labute approximate surface area is 98.2 Å². The second-order valence-electron chi connectivity index (χ2n) is 5.27. The van der Waals surface area contributed by atoms with E-state index in [1.54, 1.807) is 0 Å². The Kier molecular flexibility index (Phi) is 3.37. The first-order valence-corrected chi connectivity index (χ1v) is 6.27. The van der Waals surface area contributed by atoms with Crippen molar-refractivity contribution >= 4 is 11.4 Å². The Morgan fingerprint density at radius 3 is 2.75 bits per heavy atom. The van der Waals surface area contributed by atoms with Crippen molar-refractivity contribution in [3.8, 4) is 0 Å². The van der Waals surface area contributed by atoms with Crippen LogP contribution < -0.4 is 11.1 Å². The van der Waals surface area contributed by atoms with E-state index in [4.69, 9.17) is 5.73 Å². The average molecular weight is 218 g/mol. The van der Waals surface area contributed by atoms with Crippen molar-refractivity contribution in [2.24, 2.45) is 11.8 Å². The van der Waals surface area contributed by atoms with E-state index in [-0.39, 0.29) is 0 Å². The summed E-state index contributed by atoms with van der Waals surface area (Å²) in [4.78, 5) is 0. The molecule has 3 unspecified atom stereocenters. The minimum atomic E-state index is 0.609. The standard InChI is InChI=1S/C14H22N2/c1-10-6-7-14(11(2)8-10)16-13-5-3-4-12(15)9-13/h3-5,9-11,14,16H,6-8,15H2,1-2H3. The third-order valence-corrected chi connectivity index (χ3v) is 3.67. The summed E-state index contributed by atoms with van der Waals surface area (Å²) in [6, 6.07) is 8.66. The van der Waals surface area contributed by atoms with E-state index in [9.17, 15) is 0 Å². The molecule has 1 fully saturated rings. The maximum Gasteiger partial charge on any atom is 0.0363 e. The highest BCUT2D eigenvalue weighted by Crippen LogP contribution is 2.30. The third kappa shape index (κ3) is 2.69. The molecule has 0 amide bonds. The fraction of sp³-hybridized carbons (Fsp3) is 0.571. The molecule has 2 heteroatoms. The molecule has 1 aromatic carbocycles. The minimum Gasteiger partial charge on any atom is -0.399 e. The van der Waals surface area contributed by atoms with Gasteiger partial charge in [-0.25, -0.2) is 0 Å². The van der Waals surface area contributed by atoms with Crippen molar-refractivity contribution in [2.75, 3.05) is 11.1 Å². The summed E-state index contributed by atoms with van der Waals surface area (Å²) < 4.78 is 0. The van der Waals surface area contributed by atoms with Gasteiger partial charge in [-0.05, 0) is 49.3 Å². The van der Waals surface area contributed by atoms with Crippen molar-refractivity contribution in [3.05, 3.63) is 24.3 Å². The molecule has 0 heterocycles. The molecule has 1 saturated carbocycles. The maximum absolute atomic E-state index is 5.78. The second-order valence-corrected chi connectivity index (χ2v) is 5.27. The molecule has 0 bridgehead atoms. The first kappa shape index (κ1) is 11.3. The van der Waals surface area contributed by atoms with Crippen LogP contribution in [0.1, 0.15) is 33.1 Å². The van der Waals surface area contributed by atoms with E-state index < -0.39 is 0 Å². The SMILES string of the molecule is CC1CCC(Nc2cccc(N)c2)C(C)C1. The van der Waals surface area contributed by atoms with Crippen molar-refractivity contribution in [1.82, 2.24) is 0 Å². The number of hydrogen-bond acceptors (Lipinski definition) is 2. The molecule has 3 atom stereocenters. The fourth-order valence-electron chi connectivity index (χ4n) is 2.72. The van der Waals surface area contributed by atoms with E-state index in [0.29, 0.717) is 6.04 Å². The molecule has 16 heavy (non-hydrogen) atoms. The normalized spacial score (nSPS) is 30.0. The van der Waals surface area contributed by atoms with Crippen LogP contribution in [0.4, 0.5) is 11.4 Å². The molecule has 0 aliphatic heterocycles. The van der Waals surface area contributed by atoms with Gasteiger partial charge in [0.15, 0.2) is 0 Å². The second kappa shape index (κ2) is 4.77. The molecule has 3 N–H and O–H groups in total. The number of anilines is 2. The van der Waals surface area contributed by atoms with E-state index in [0.717, 1.165) is 23.2 Å². The van der Waals surface area contributed by atoms with Crippen molar-refractivity contribution in [3.63, 3.8) is 0 Å². The predicted molar refractivity (Wildman–Crippen MR) is 70.4 cm³/mol. The molecule has 0 aromatic heterocycles. The molecule has 2 rings (SSSR count). The van der Waals surface area contributed by atoms with Crippen molar-refractivity contribution in [1.29, 1.82) is 0 Å². The van der Waals surface area contributed by atoms with Crippen LogP contribution in [-0.2, 0) is 0 Å². The molecule has 1 aliphatic carbocycles. The van der Waals surface area contributed by atoms with Gasteiger partial charge in [-0.15, -0.1) is 0 Å². The van der Waals surface area contributed by atoms with Crippen molar-refractivity contribution in [2.45, 2.75) is 39.2 Å². The minimum absolute atomic E-state index is 0.609. The lowest BCUT2D eigenvalue weighted by Crippen LogP contribution is -2.32. The molecular weight excluding hydrogens is 196 g/mol. The van der Waals surface area contributed by atoms with Gasteiger partial charge in [0.2, 0.25) is 0 Å². The summed E-state index contributed by atoms with van der Waals surface area (Å²) in [6.07, 6.45) is 3.95. The van der Waals surface area contributed by atoms with Gasteiger partial charge in [-0.3, -0.25) is 0 Å². The topological polar surface area (TPSA) is 38.0 Å². The number of hydrogen-bond donors (Lipinski definition) is 2. The van der Waals surface area contributed by atoms with Crippen LogP contribution in [-0.4, -0.2) is 6.04 Å². The van der Waals surface area contributed by atoms with Gasteiger partial charge in [0.05, 0.1) is 0 Å². The van der Waals surface area contributed by atoms with Gasteiger partial charge >= 0.3 is 0 Å². The Balaban J connectivity index is 1.99.